The third-order valence-corrected chi connectivity index (χ3v) is 2.85. The number of hydrogen-bond acceptors (Lipinski definition) is 5. The smallest absolute Gasteiger partial charge is 0.338 e. The Kier molecular flexibility index (Phi) is 3.55. The normalized spacial score (nSPS) is 10.3. The van der Waals surface area contributed by atoms with Crippen LogP contribution in [0.3, 0.4) is 0 Å². The molecule has 1 aromatic carbocycles. The van der Waals surface area contributed by atoms with Gasteiger partial charge in [0.1, 0.15) is 0 Å². The monoisotopic (exact) mass is 261 g/mol. The zero-order valence-corrected chi connectivity index (χ0v) is 11.3. The second-order valence-corrected chi connectivity index (χ2v) is 4.03. The second-order valence-electron chi connectivity index (χ2n) is 4.03. The van der Waals surface area contributed by atoms with Gasteiger partial charge in [0.15, 0.2) is 11.5 Å². The van der Waals surface area contributed by atoms with Crippen molar-refractivity contribution < 1.29 is 19.0 Å². The molecule has 0 atom stereocenters. The van der Waals surface area contributed by atoms with Crippen molar-refractivity contribution in [2.45, 2.75) is 6.92 Å². The number of pyridine rings is 1. The first kappa shape index (κ1) is 13.1. The maximum Gasteiger partial charge on any atom is 0.338 e. The lowest BCUT2D eigenvalue weighted by Crippen LogP contribution is -2.04. The van der Waals surface area contributed by atoms with Crippen LogP contribution in [0.15, 0.2) is 18.2 Å². The van der Waals surface area contributed by atoms with E-state index in [1.807, 2.05) is 6.92 Å². The van der Waals surface area contributed by atoms with Crippen molar-refractivity contribution in [1.29, 1.82) is 0 Å². The summed E-state index contributed by atoms with van der Waals surface area (Å²) in [5.74, 6) is 0.720. The zero-order valence-electron chi connectivity index (χ0n) is 11.3. The van der Waals surface area contributed by atoms with Crippen molar-refractivity contribution in [3.05, 3.63) is 29.5 Å². The van der Waals surface area contributed by atoms with Gasteiger partial charge in [-0.3, -0.25) is 4.98 Å². The lowest BCUT2D eigenvalue weighted by Gasteiger charge is -2.11. The lowest BCUT2D eigenvalue weighted by atomic mass is 10.1. The van der Waals surface area contributed by atoms with Gasteiger partial charge in [-0.2, -0.15) is 0 Å². The first-order valence-electron chi connectivity index (χ1n) is 5.72. The van der Waals surface area contributed by atoms with Crippen LogP contribution >= 0.6 is 0 Å². The van der Waals surface area contributed by atoms with Gasteiger partial charge in [-0.25, -0.2) is 4.79 Å². The molecule has 0 unspecified atom stereocenters. The standard InChI is InChI=1S/C14H15NO4/c1-8-5-10(14(16)19-4)9-6-12(17-2)13(18-3)7-11(9)15-8/h5-7H,1-4H3. The number of carbonyl (C=O) groups is 1. The van der Waals surface area contributed by atoms with Gasteiger partial charge in [0.2, 0.25) is 0 Å². The molecule has 19 heavy (non-hydrogen) atoms. The van der Waals surface area contributed by atoms with Crippen LogP contribution in [0, 0.1) is 6.92 Å². The molecular weight excluding hydrogens is 246 g/mol. The summed E-state index contributed by atoms with van der Waals surface area (Å²) in [6.45, 7) is 1.82. The molecule has 0 N–H and O–H groups in total. The van der Waals surface area contributed by atoms with Crippen molar-refractivity contribution in [1.82, 2.24) is 4.98 Å². The minimum Gasteiger partial charge on any atom is -0.493 e. The molecule has 0 aliphatic rings. The summed E-state index contributed by atoms with van der Waals surface area (Å²) >= 11 is 0. The number of rotatable bonds is 3. The number of fused-ring (bicyclic) bond motifs is 1. The van der Waals surface area contributed by atoms with Crippen molar-refractivity contribution in [2.24, 2.45) is 0 Å². The maximum atomic E-state index is 11.8. The Morgan fingerprint density at radius 1 is 1.05 bits per heavy atom. The summed E-state index contributed by atoms with van der Waals surface area (Å²) in [4.78, 5) is 16.2. The summed E-state index contributed by atoms with van der Waals surface area (Å²) in [6.07, 6.45) is 0. The van der Waals surface area contributed by atoms with E-state index in [4.69, 9.17) is 14.2 Å². The molecule has 1 heterocycles. The van der Waals surface area contributed by atoms with Gasteiger partial charge >= 0.3 is 5.97 Å². The van der Waals surface area contributed by atoms with E-state index in [0.717, 1.165) is 5.69 Å². The summed E-state index contributed by atoms with van der Waals surface area (Å²) in [6, 6.07) is 5.17. The van der Waals surface area contributed by atoms with Gasteiger partial charge in [0.25, 0.3) is 0 Å². The molecule has 0 spiro atoms. The van der Waals surface area contributed by atoms with Gasteiger partial charge in [-0.15, -0.1) is 0 Å². The average Bonchev–Trinajstić information content (AvgIpc) is 2.43. The Bertz CT molecular complexity index is 637. The minimum absolute atomic E-state index is 0.400. The topological polar surface area (TPSA) is 57.7 Å². The van der Waals surface area contributed by atoms with E-state index in [-0.39, 0.29) is 0 Å². The maximum absolute atomic E-state index is 11.8. The molecule has 1 aromatic heterocycles. The van der Waals surface area contributed by atoms with E-state index in [0.29, 0.717) is 28.0 Å². The Hall–Kier alpha value is -2.30. The van der Waals surface area contributed by atoms with Crippen molar-refractivity contribution in [2.75, 3.05) is 21.3 Å². The van der Waals surface area contributed by atoms with E-state index in [2.05, 4.69) is 4.98 Å². The molecule has 0 saturated carbocycles. The molecule has 0 saturated heterocycles. The predicted octanol–water partition coefficient (Wildman–Crippen LogP) is 2.35. The molecule has 0 bridgehead atoms. The Morgan fingerprint density at radius 2 is 1.68 bits per heavy atom. The number of carbonyl (C=O) groups excluding carboxylic acids is 1. The molecule has 0 aliphatic carbocycles. The molecule has 0 radical (unpaired) electrons. The Balaban J connectivity index is 2.79. The molecule has 0 aliphatic heterocycles. The molecule has 5 heteroatoms. The SMILES string of the molecule is COC(=O)c1cc(C)nc2cc(OC)c(OC)cc12. The first-order chi connectivity index (χ1) is 9.10. The van der Waals surface area contributed by atoms with Crippen molar-refractivity contribution in [3.8, 4) is 11.5 Å². The number of aryl methyl sites for hydroxylation is 1. The number of benzene rings is 1. The van der Waals surface area contributed by atoms with Crippen LogP contribution in [0.5, 0.6) is 11.5 Å². The van der Waals surface area contributed by atoms with Crippen LogP contribution in [0.4, 0.5) is 0 Å². The highest BCUT2D eigenvalue weighted by atomic mass is 16.5. The number of esters is 1. The highest BCUT2D eigenvalue weighted by molar-refractivity contribution is 6.04. The highest BCUT2D eigenvalue weighted by Gasteiger charge is 2.15. The van der Waals surface area contributed by atoms with E-state index < -0.39 is 5.97 Å². The number of nitrogens with zero attached hydrogens (tertiary/aromatic N) is 1. The van der Waals surface area contributed by atoms with Gasteiger partial charge < -0.3 is 14.2 Å². The van der Waals surface area contributed by atoms with E-state index >= 15 is 0 Å². The van der Waals surface area contributed by atoms with E-state index in [9.17, 15) is 4.79 Å². The zero-order chi connectivity index (χ0) is 14.0. The van der Waals surface area contributed by atoms with Crippen LogP contribution in [0.2, 0.25) is 0 Å². The molecule has 2 rings (SSSR count). The third-order valence-electron chi connectivity index (χ3n) is 2.85. The van der Waals surface area contributed by atoms with Gasteiger partial charge in [-0.1, -0.05) is 0 Å². The fourth-order valence-corrected chi connectivity index (χ4v) is 1.96. The van der Waals surface area contributed by atoms with Crippen molar-refractivity contribution in [3.63, 3.8) is 0 Å². The Labute approximate surface area is 111 Å². The van der Waals surface area contributed by atoms with Gasteiger partial charge in [0.05, 0.1) is 32.4 Å². The van der Waals surface area contributed by atoms with Gasteiger partial charge in [0, 0.05) is 17.1 Å². The number of ether oxygens (including phenoxy) is 3. The van der Waals surface area contributed by atoms with Crippen LogP contribution in [-0.4, -0.2) is 32.3 Å². The molecule has 0 amide bonds. The predicted molar refractivity (Wildman–Crippen MR) is 70.9 cm³/mol. The molecule has 5 nitrogen and oxygen atoms in total. The summed E-state index contributed by atoms with van der Waals surface area (Å²) in [5, 5.41) is 0.676. The third kappa shape index (κ3) is 2.31. The molecule has 2 aromatic rings. The fourth-order valence-electron chi connectivity index (χ4n) is 1.96. The van der Waals surface area contributed by atoms with E-state index in [1.165, 1.54) is 7.11 Å². The summed E-state index contributed by atoms with van der Waals surface area (Å²) in [7, 11) is 4.45. The highest BCUT2D eigenvalue weighted by Crippen LogP contribution is 2.33. The number of methoxy groups -OCH3 is 3. The lowest BCUT2D eigenvalue weighted by molar-refractivity contribution is 0.0603. The summed E-state index contributed by atoms with van der Waals surface area (Å²) < 4.78 is 15.3. The molecule has 0 fully saturated rings. The number of aromatic nitrogens is 1. The van der Waals surface area contributed by atoms with Crippen molar-refractivity contribution >= 4 is 16.9 Å². The minimum atomic E-state index is -0.400. The first-order valence-corrected chi connectivity index (χ1v) is 5.72. The van der Waals surface area contributed by atoms with Crippen LogP contribution in [0.1, 0.15) is 16.1 Å². The Morgan fingerprint density at radius 3 is 2.26 bits per heavy atom. The quantitative estimate of drug-likeness (QED) is 0.794. The summed E-state index contributed by atoms with van der Waals surface area (Å²) in [5.41, 5.74) is 1.86. The molecular formula is C14H15NO4. The average molecular weight is 261 g/mol. The van der Waals surface area contributed by atoms with Crippen LogP contribution < -0.4 is 9.47 Å². The van der Waals surface area contributed by atoms with Gasteiger partial charge in [-0.05, 0) is 19.1 Å². The second kappa shape index (κ2) is 5.14. The van der Waals surface area contributed by atoms with Crippen LogP contribution in [-0.2, 0) is 4.74 Å². The fraction of sp³-hybridized carbons (Fsp3) is 0.286. The largest absolute Gasteiger partial charge is 0.493 e. The number of hydrogen-bond donors (Lipinski definition) is 0. The van der Waals surface area contributed by atoms with E-state index in [1.54, 1.807) is 32.4 Å². The molecule has 100 valence electrons. The van der Waals surface area contributed by atoms with Crippen LogP contribution in [0.25, 0.3) is 10.9 Å².